The second kappa shape index (κ2) is 1.54. The Hall–Kier alpha value is -0.500. The maximum absolute atomic E-state index is 8.57. The minimum absolute atomic E-state index is 0.0208. The van der Waals surface area contributed by atoms with E-state index in [-0.39, 0.29) is 5.76 Å². The van der Waals surface area contributed by atoms with Crippen LogP contribution in [0.2, 0.25) is 0 Å². The summed E-state index contributed by atoms with van der Waals surface area (Å²) in [7, 11) is 0. The molecule has 0 atom stereocenters. The summed E-state index contributed by atoms with van der Waals surface area (Å²) in [4.78, 5) is 0. The molecule has 0 amide bonds. The summed E-state index contributed by atoms with van der Waals surface area (Å²) in [6.07, 6.45) is 0. The van der Waals surface area contributed by atoms with Crippen LogP contribution < -0.4 is 5.73 Å². The van der Waals surface area contributed by atoms with Crippen molar-refractivity contribution in [2.75, 3.05) is 0 Å². The molecule has 0 aliphatic carbocycles. The summed E-state index contributed by atoms with van der Waals surface area (Å²) in [5, 5.41) is 8.57. The van der Waals surface area contributed by atoms with E-state index in [9.17, 15) is 0 Å². The zero-order chi connectivity index (χ0) is 6.08. The van der Waals surface area contributed by atoms with Crippen LogP contribution in [0.5, 0.6) is 0 Å². The Morgan fingerprint density at radius 1 is 1.71 bits per heavy atom. The first kappa shape index (κ1) is 6.50. The van der Waals surface area contributed by atoms with Crippen molar-refractivity contribution in [3.8, 4) is 0 Å². The molecule has 0 fully saturated rings. The van der Waals surface area contributed by atoms with E-state index in [1.54, 1.807) is 13.8 Å². The van der Waals surface area contributed by atoms with Gasteiger partial charge in [-0.1, -0.05) is 6.58 Å². The van der Waals surface area contributed by atoms with Gasteiger partial charge >= 0.3 is 0 Å². The van der Waals surface area contributed by atoms with Crippen LogP contribution in [-0.4, -0.2) is 10.6 Å². The van der Waals surface area contributed by atoms with Crippen molar-refractivity contribution in [2.45, 2.75) is 19.4 Å². The van der Waals surface area contributed by atoms with Gasteiger partial charge < -0.3 is 10.8 Å². The lowest BCUT2D eigenvalue weighted by Crippen LogP contribution is -2.33. The van der Waals surface area contributed by atoms with E-state index >= 15 is 0 Å². The molecule has 0 aromatic carbocycles. The minimum atomic E-state index is -0.639. The Balaban J connectivity index is 3.79. The molecule has 0 rings (SSSR count). The van der Waals surface area contributed by atoms with Crippen LogP contribution in [0.4, 0.5) is 0 Å². The molecule has 2 heteroatoms. The van der Waals surface area contributed by atoms with Crippen molar-refractivity contribution in [3.63, 3.8) is 0 Å². The number of nitrogens with two attached hydrogens (primary N) is 1. The average Bonchev–Trinajstić information content (AvgIpc) is 1.31. The SMILES string of the molecule is C=C(O)C(C)(C)N. The van der Waals surface area contributed by atoms with Crippen LogP contribution in [0.15, 0.2) is 12.3 Å². The van der Waals surface area contributed by atoms with E-state index in [0.29, 0.717) is 0 Å². The Kier molecular flexibility index (Phi) is 1.43. The Morgan fingerprint density at radius 2 is 1.86 bits per heavy atom. The number of aliphatic hydroxyl groups is 1. The highest BCUT2D eigenvalue weighted by Crippen LogP contribution is 2.03. The Bertz CT molecular complexity index is 80.6. The molecule has 2 nitrogen and oxygen atoms in total. The van der Waals surface area contributed by atoms with Crippen molar-refractivity contribution < 1.29 is 5.11 Å². The molecular weight excluding hydrogens is 90.1 g/mol. The first-order valence-corrected chi connectivity index (χ1v) is 2.12. The van der Waals surface area contributed by atoms with Crippen LogP contribution >= 0.6 is 0 Å². The van der Waals surface area contributed by atoms with Gasteiger partial charge in [-0.15, -0.1) is 0 Å². The fraction of sp³-hybridized carbons (Fsp3) is 0.600. The van der Waals surface area contributed by atoms with E-state index in [4.69, 9.17) is 10.8 Å². The molecule has 0 saturated heterocycles. The maximum atomic E-state index is 8.57. The normalized spacial score (nSPS) is 11.3. The van der Waals surface area contributed by atoms with E-state index in [2.05, 4.69) is 6.58 Å². The van der Waals surface area contributed by atoms with Crippen molar-refractivity contribution in [1.82, 2.24) is 0 Å². The Morgan fingerprint density at radius 3 is 1.86 bits per heavy atom. The van der Waals surface area contributed by atoms with Crippen LogP contribution in [-0.2, 0) is 0 Å². The molecule has 0 bridgehead atoms. The lowest BCUT2D eigenvalue weighted by molar-refractivity contribution is 0.325. The summed E-state index contributed by atoms with van der Waals surface area (Å²) in [5.74, 6) is 0.0208. The summed E-state index contributed by atoms with van der Waals surface area (Å²) in [6.45, 7) is 6.64. The molecule has 0 saturated carbocycles. The molecule has 0 aliphatic heterocycles. The number of hydrogen-bond donors (Lipinski definition) is 2. The summed E-state index contributed by atoms with van der Waals surface area (Å²) in [5.41, 5.74) is 4.69. The van der Waals surface area contributed by atoms with E-state index < -0.39 is 5.54 Å². The molecule has 0 aromatic heterocycles. The van der Waals surface area contributed by atoms with Crippen LogP contribution in [0, 0.1) is 0 Å². The predicted molar refractivity (Wildman–Crippen MR) is 30.0 cm³/mol. The van der Waals surface area contributed by atoms with Crippen LogP contribution in [0.1, 0.15) is 13.8 Å². The third-order valence-corrected chi connectivity index (χ3v) is 0.744. The molecule has 0 aliphatic rings. The summed E-state index contributed by atoms with van der Waals surface area (Å²) < 4.78 is 0. The van der Waals surface area contributed by atoms with Crippen LogP contribution in [0.25, 0.3) is 0 Å². The average molecular weight is 101 g/mol. The van der Waals surface area contributed by atoms with Gasteiger partial charge in [0.2, 0.25) is 0 Å². The molecule has 0 aromatic rings. The lowest BCUT2D eigenvalue weighted by Gasteiger charge is -2.14. The second-order valence-electron chi connectivity index (χ2n) is 2.17. The highest BCUT2D eigenvalue weighted by atomic mass is 16.3. The fourth-order valence-corrected chi connectivity index (χ4v) is 0. The van der Waals surface area contributed by atoms with Gasteiger partial charge in [0.05, 0.1) is 5.54 Å². The third-order valence-electron chi connectivity index (χ3n) is 0.744. The summed E-state index contributed by atoms with van der Waals surface area (Å²) in [6, 6.07) is 0. The zero-order valence-corrected chi connectivity index (χ0v) is 4.73. The first-order chi connectivity index (χ1) is 2.94. The van der Waals surface area contributed by atoms with Crippen molar-refractivity contribution in [2.24, 2.45) is 5.73 Å². The van der Waals surface area contributed by atoms with Crippen molar-refractivity contribution in [3.05, 3.63) is 12.3 Å². The van der Waals surface area contributed by atoms with Crippen LogP contribution in [0.3, 0.4) is 0 Å². The first-order valence-electron chi connectivity index (χ1n) is 2.12. The second-order valence-corrected chi connectivity index (χ2v) is 2.17. The van der Waals surface area contributed by atoms with Gasteiger partial charge in [-0.05, 0) is 13.8 Å². The predicted octanol–water partition coefficient (Wildman–Crippen LogP) is 0.795. The molecule has 0 spiro atoms. The molecule has 42 valence electrons. The Labute approximate surface area is 43.6 Å². The smallest absolute Gasteiger partial charge is 0.104 e. The van der Waals surface area contributed by atoms with E-state index in [1.165, 1.54) is 0 Å². The van der Waals surface area contributed by atoms with Gasteiger partial charge in [0.1, 0.15) is 5.76 Å². The minimum Gasteiger partial charge on any atom is -0.511 e. The standard InChI is InChI=1S/C5H11NO/c1-4(7)5(2,3)6/h7H,1,6H2,2-3H3. The number of aliphatic hydroxyl groups excluding tert-OH is 1. The van der Waals surface area contributed by atoms with Crippen molar-refractivity contribution in [1.29, 1.82) is 0 Å². The van der Waals surface area contributed by atoms with Gasteiger partial charge in [0.25, 0.3) is 0 Å². The number of hydrogen-bond acceptors (Lipinski definition) is 2. The van der Waals surface area contributed by atoms with Gasteiger partial charge in [0, 0.05) is 0 Å². The fourth-order valence-electron chi connectivity index (χ4n) is 0. The molecule has 7 heavy (non-hydrogen) atoms. The lowest BCUT2D eigenvalue weighted by atomic mass is 10.1. The quantitative estimate of drug-likeness (QED) is 0.480. The van der Waals surface area contributed by atoms with Gasteiger partial charge in [-0.3, -0.25) is 0 Å². The van der Waals surface area contributed by atoms with Gasteiger partial charge in [-0.25, -0.2) is 0 Å². The van der Waals surface area contributed by atoms with E-state index in [1.807, 2.05) is 0 Å². The maximum Gasteiger partial charge on any atom is 0.104 e. The van der Waals surface area contributed by atoms with E-state index in [0.717, 1.165) is 0 Å². The third kappa shape index (κ3) is 2.23. The molecule has 0 heterocycles. The highest BCUT2D eigenvalue weighted by molar-refractivity contribution is 5.00. The molecule has 0 radical (unpaired) electrons. The summed E-state index contributed by atoms with van der Waals surface area (Å²) >= 11 is 0. The van der Waals surface area contributed by atoms with Crippen molar-refractivity contribution >= 4 is 0 Å². The van der Waals surface area contributed by atoms with Gasteiger partial charge in [0.15, 0.2) is 0 Å². The van der Waals surface area contributed by atoms with Gasteiger partial charge in [-0.2, -0.15) is 0 Å². The monoisotopic (exact) mass is 101 g/mol. The highest BCUT2D eigenvalue weighted by Gasteiger charge is 2.12. The largest absolute Gasteiger partial charge is 0.511 e. The molecule has 0 unspecified atom stereocenters. The topological polar surface area (TPSA) is 46.2 Å². The zero-order valence-electron chi connectivity index (χ0n) is 4.73. The molecular formula is C5H11NO. The number of rotatable bonds is 1. The molecule has 3 N–H and O–H groups in total.